The average molecular weight is 140 g/mol. The van der Waals surface area contributed by atoms with Crippen LogP contribution in [0.25, 0.3) is 0 Å². The molecule has 1 heteroatoms. The van der Waals surface area contributed by atoms with Crippen LogP contribution in [0.2, 0.25) is 0 Å². The van der Waals surface area contributed by atoms with Gasteiger partial charge in [0, 0.05) is 4.88 Å². The highest BCUT2D eigenvalue weighted by Crippen LogP contribution is 2.21. The minimum atomic E-state index is 0.698. The molecule has 1 aromatic rings. The molecule has 0 aliphatic carbocycles. The third kappa shape index (κ3) is 1.55. The van der Waals surface area contributed by atoms with E-state index in [1.807, 2.05) is 11.3 Å². The van der Waals surface area contributed by atoms with Gasteiger partial charge in [0.15, 0.2) is 0 Å². The van der Waals surface area contributed by atoms with Crippen molar-refractivity contribution in [2.75, 3.05) is 0 Å². The Labute approximate surface area is 60.5 Å². The Balaban J connectivity index is 2.85. The Kier molecular flexibility index (Phi) is 1.91. The van der Waals surface area contributed by atoms with Crippen LogP contribution >= 0.6 is 11.3 Å². The molecule has 0 radical (unpaired) electrons. The molecule has 1 aromatic heterocycles. The number of thiophene rings is 1. The van der Waals surface area contributed by atoms with Crippen molar-refractivity contribution in [3.8, 4) is 0 Å². The molecule has 1 heterocycles. The van der Waals surface area contributed by atoms with Crippen molar-refractivity contribution in [2.45, 2.75) is 26.7 Å². The van der Waals surface area contributed by atoms with Crippen molar-refractivity contribution >= 4 is 11.3 Å². The van der Waals surface area contributed by atoms with Gasteiger partial charge in [0.25, 0.3) is 0 Å². The lowest BCUT2D eigenvalue weighted by Crippen LogP contribution is -1.77. The third-order valence-electron chi connectivity index (χ3n) is 1.32. The molecule has 0 bridgehead atoms. The fourth-order valence-corrected chi connectivity index (χ4v) is 1.67. The molecule has 0 saturated heterocycles. The Bertz CT molecular complexity index is 186. The number of aryl methyl sites for hydroxylation is 1. The zero-order valence-corrected chi connectivity index (χ0v) is 6.96. The number of rotatable bonds is 1. The first kappa shape index (κ1) is 6.81. The standard InChI is InChI=1S/C8H12S/c1-6(2)8-4-7(3)5-9-8/h4-6H,1-3H3. The van der Waals surface area contributed by atoms with Crippen LogP contribution in [0.4, 0.5) is 0 Å². The average Bonchev–Trinajstić information content (AvgIpc) is 2.14. The van der Waals surface area contributed by atoms with E-state index in [4.69, 9.17) is 0 Å². The molecule has 0 amide bonds. The van der Waals surface area contributed by atoms with Gasteiger partial charge in [0.05, 0.1) is 0 Å². The molecule has 0 aromatic carbocycles. The van der Waals surface area contributed by atoms with Crippen LogP contribution in [0.5, 0.6) is 0 Å². The maximum absolute atomic E-state index is 2.26. The summed E-state index contributed by atoms with van der Waals surface area (Å²) in [6.07, 6.45) is 0. The van der Waals surface area contributed by atoms with Crippen molar-refractivity contribution < 1.29 is 0 Å². The molecule has 0 N–H and O–H groups in total. The van der Waals surface area contributed by atoms with Crippen molar-refractivity contribution in [3.63, 3.8) is 0 Å². The van der Waals surface area contributed by atoms with Gasteiger partial charge in [-0.05, 0) is 29.9 Å². The van der Waals surface area contributed by atoms with Gasteiger partial charge in [-0.1, -0.05) is 13.8 Å². The second kappa shape index (κ2) is 2.53. The van der Waals surface area contributed by atoms with Crippen LogP contribution in [0.3, 0.4) is 0 Å². The Morgan fingerprint density at radius 3 is 2.33 bits per heavy atom. The third-order valence-corrected chi connectivity index (χ3v) is 2.67. The number of hydrogen-bond acceptors (Lipinski definition) is 1. The lowest BCUT2D eigenvalue weighted by Gasteiger charge is -1.96. The van der Waals surface area contributed by atoms with E-state index in [1.165, 1.54) is 10.4 Å². The lowest BCUT2D eigenvalue weighted by atomic mass is 10.2. The van der Waals surface area contributed by atoms with Gasteiger partial charge in [0.1, 0.15) is 0 Å². The molecule has 50 valence electrons. The summed E-state index contributed by atoms with van der Waals surface area (Å²) in [6, 6.07) is 2.26. The quantitative estimate of drug-likeness (QED) is 0.562. The topological polar surface area (TPSA) is 0 Å². The van der Waals surface area contributed by atoms with Crippen LogP contribution in [-0.2, 0) is 0 Å². The normalized spacial score (nSPS) is 10.7. The second-order valence-corrected chi connectivity index (χ2v) is 3.62. The predicted octanol–water partition coefficient (Wildman–Crippen LogP) is 3.18. The summed E-state index contributed by atoms with van der Waals surface area (Å²) < 4.78 is 0. The molecular formula is C8H12S. The first-order chi connectivity index (χ1) is 4.20. The van der Waals surface area contributed by atoms with Gasteiger partial charge in [0.2, 0.25) is 0 Å². The number of hydrogen-bond donors (Lipinski definition) is 0. The van der Waals surface area contributed by atoms with Crippen LogP contribution in [-0.4, -0.2) is 0 Å². The van der Waals surface area contributed by atoms with Crippen LogP contribution in [0.15, 0.2) is 11.4 Å². The van der Waals surface area contributed by atoms with E-state index in [0.717, 1.165) is 0 Å². The second-order valence-electron chi connectivity index (χ2n) is 2.68. The van der Waals surface area contributed by atoms with E-state index in [-0.39, 0.29) is 0 Å². The molecule has 0 saturated carbocycles. The minimum Gasteiger partial charge on any atom is -0.148 e. The van der Waals surface area contributed by atoms with Crippen LogP contribution in [0.1, 0.15) is 30.2 Å². The first-order valence-corrected chi connectivity index (χ1v) is 4.13. The van der Waals surface area contributed by atoms with Crippen LogP contribution in [0, 0.1) is 6.92 Å². The van der Waals surface area contributed by atoms with Crippen molar-refractivity contribution in [2.24, 2.45) is 0 Å². The maximum Gasteiger partial charge on any atom is 0.00734 e. The molecule has 0 unspecified atom stereocenters. The summed E-state index contributed by atoms with van der Waals surface area (Å²) in [5.74, 6) is 0.698. The minimum absolute atomic E-state index is 0.698. The lowest BCUT2D eigenvalue weighted by molar-refractivity contribution is 0.889. The first-order valence-electron chi connectivity index (χ1n) is 3.25. The van der Waals surface area contributed by atoms with Gasteiger partial charge in [-0.2, -0.15) is 0 Å². The molecular weight excluding hydrogens is 128 g/mol. The van der Waals surface area contributed by atoms with Crippen LogP contribution < -0.4 is 0 Å². The highest BCUT2D eigenvalue weighted by Gasteiger charge is 1.99. The summed E-state index contributed by atoms with van der Waals surface area (Å²) in [5.41, 5.74) is 1.39. The fraction of sp³-hybridized carbons (Fsp3) is 0.500. The van der Waals surface area contributed by atoms with Gasteiger partial charge < -0.3 is 0 Å². The highest BCUT2D eigenvalue weighted by molar-refractivity contribution is 7.10. The van der Waals surface area contributed by atoms with E-state index < -0.39 is 0 Å². The van der Waals surface area contributed by atoms with Crippen molar-refractivity contribution in [1.29, 1.82) is 0 Å². The SMILES string of the molecule is Cc1csc(C(C)C)c1. The summed E-state index contributed by atoms with van der Waals surface area (Å²) >= 11 is 1.86. The molecule has 0 atom stereocenters. The van der Waals surface area contributed by atoms with Gasteiger partial charge in [-0.25, -0.2) is 0 Å². The van der Waals surface area contributed by atoms with E-state index in [0.29, 0.717) is 5.92 Å². The highest BCUT2D eigenvalue weighted by atomic mass is 32.1. The summed E-state index contributed by atoms with van der Waals surface area (Å²) in [7, 11) is 0. The van der Waals surface area contributed by atoms with E-state index in [2.05, 4.69) is 32.2 Å². The van der Waals surface area contributed by atoms with Crippen molar-refractivity contribution in [1.82, 2.24) is 0 Å². The largest absolute Gasteiger partial charge is 0.148 e. The van der Waals surface area contributed by atoms with Gasteiger partial charge in [-0.3, -0.25) is 0 Å². The smallest absolute Gasteiger partial charge is 0.00734 e. The monoisotopic (exact) mass is 140 g/mol. The Morgan fingerprint density at radius 2 is 2.11 bits per heavy atom. The molecule has 9 heavy (non-hydrogen) atoms. The Morgan fingerprint density at radius 1 is 1.44 bits per heavy atom. The fourth-order valence-electron chi connectivity index (χ4n) is 0.756. The summed E-state index contributed by atoms with van der Waals surface area (Å²) in [4.78, 5) is 1.49. The van der Waals surface area contributed by atoms with E-state index in [1.54, 1.807) is 0 Å². The van der Waals surface area contributed by atoms with E-state index in [9.17, 15) is 0 Å². The van der Waals surface area contributed by atoms with Crippen molar-refractivity contribution in [3.05, 3.63) is 21.9 Å². The molecule has 1 rings (SSSR count). The molecule has 0 nitrogen and oxygen atoms in total. The molecule has 0 fully saturated rings. The van der Waals surface area contributed by atoms with Gasteiger partial charge >= 0.3 is 0 Å². The summed E-state index contributed by atoms with van der Waals surface area (Å²) in [5, 5.41) is 2.20. The molecule has 0 aliphatic heterocycles. The zero-order chi connectivity index (χ0) is 6.85. The summed E-state index contributed by atoms with van der Waals surface area (Å²) in [6.45, 7) is 6.60. The van der Waals surface area contributed by atoms with E-state index >= 15 is 0 Å². The molecule has 0 spiro atoms. The maximum atomic E-state index is 2.26. The van der Waals surface area contributed by atoms with Gasteiger partial charge in [-0.15, -0.1) is 11.3 Å². The Hall–Kier alpha value is -0.300. The molecule has 0 aliphatic rings. The predicted molar refractivity (Wildman–Crippen MR) is 43.1 cm³/mol. The zero-order valence-electron chi connectivity index (χ0n) is 6.14.